The molecule has 62 valence electrons. The van der Waals surface area contributed by atoms with Crippen molar-refractivity contribution in [3.8, 4) is 0 Å². The van der Waals surface area contributed by atoms with Gasteiger partial charge >= 0.3 is 0 Å². The van der Waals surface area contributed by atoms with Crippen LogP contribution in [0.15, 0.2) is 0 Å². The Labute approximate surface area is 78.4 Å². The van der Waals surface area contributed by atoms with Crippen LogP contribution in [0.1, 0.15) is 12.6 Å². The minimum atomic E-state index is -0.997. The fourth-order valence-corrected chi connectivity index (χ4v) is 3.79. The molecule has 0 radical (unpaired) electrons. The molecular formula is C5H8Cl2N2P2. The molecule has 0 saturated heterocycles. The zero-order valence-electron chi connectivity index (χ0n) is 6.25. The van der Waals surface area contributed by atoms with Crippen molar-refractivity contribution >= 4 is 42.5 Å². The van der Waals surface area contributed by atoms with E-state index in [9.17, 15) is 0 Å². The van der Waals surface area contributed by atoms with Crippen LogP contribution in [-0.2, 0) is 13.5 Å². The third-order valence-corrected chi connectivity index (χ3v) is 5.25. The van der Waals surface area contributed by atoms with E-state index in [1.165, 1.54) is 0 Å². The Morgan fingerprint density at radius 1 is 1.64 bits per heavy atom. The second-order valence-electron chi connectivity index (χ2n) is 2.05. The zero-order valence-corrected chi connectivity index (χ0v) is 9.55. The molecule has 1 aromatic heterocycles. The Hall–Kier alpha value is 0.650. The summed E-state index contributed by atoms with van der Waals surface area (Å²) in [5.41, 5.74) is 1.05. The van der Waals surface area contributed by atoms with Crippen molar-refractivity contribution < 1.29 is 0 Å². The molecule has 1 aromatic rings. The van der Waals surface area contributed by atoms with E-state index in [0.717, 1.165) is 25.5 Å². The molecule has 0 aliphatic carbocycles. The molecule has 11 heavy (non-hydrogen) atoms. The molecule has 2 nitrogen and oxygen atoms in total. The smallest absolute Gasteiger partial charge is 0.125 e. The third-order valence-electron chi connectivity index (χ3n) is 1.26. The molecule has 0 fully saturated rings. The molecule has 0 saturated carbocycles. The van der Waals surface area contributed by atoms with E-state index in [0.29, 0.717) is 0 Å². The summed E-state index contributed by atoms with van der Waals surface area (Å²) >= 11 is 11.6. The Kier molecular flexibility index (Phi) is 3.58. The van der Waals surface area contributed by atoms with Gasteiger partial charge in [-0.25, -0.2) is 4.44 Å². The highest BCUT2D eigenvalue weighted by Gasteiger charge is 2.13. The number of hydrogen-bond acceptors (Lipinski definition) is 1. The van der Waals surface area contributed by atoms with E-state index in [1.54, 1.807) is 0 Å². The van der Waals surface area contributed by atoms with Crippen molar-refractivity contribution in [2.45, 2.75) is 13.3 Å². The second-order valence-corrected chi connectivity index (χ2v) is 7.09. The molecule has 0 N–H and O–H groups in total. The average Bonchev–Trinajstić information content (AvgIpc) is 2.30. The second kappa shape index (κ2) is 4.05. The van der Waals surface area contributed by atoms with E-state index in [2.05, 4.69) is 12.0 Å². The lowest BCUT2D eigenvalue weighted by atomic mass is 10.4. The van der Waals surface area contributed by atoms with Gasteiger partial charge in [0.05, 0.1) is 10.7 Å². The quantitative estimate of drug-likeness (QED) is 0.712. The first-order valence-corrected chi connectivity index (χ1v) is 7.17. The molecule has 0 aromatic carbocycles. The van der Waals surface area contributed by atoms with Crippen molar-refractivity contribution in [2.75, 3.05) is 0 Å². The van der Waals surface area contributed by atoms with E-state index in [-0.39, 0.29) is 0 Å². The normalized spacial score (nSPS) is 11.7. The first-order chi connectivity index (χ1) is 5.15. The van der Waals surface area contributed by atoms with Gasteiger partial charge in [0.2, 0.25) is 0 Å². The first kappa shape index (κ1) is 9.74. The Balaban J connectivity index is 3.02. The first-order valence-electron chi connectivity index (χ1n) is 3.17. The van der Waals surface area contributed by atoms with Gasteiger partial charge in [-0.15, -0.1) is 0 Å². The topological polar surface area (TPSA) is 17.8 Å². The van der Waals surface area contributed by atoms with Gasteiger partial charge in [0.15, 0.2) is 0 Å². The summed E-state index contributed by atoms with van der Waals surface area (Å²) in [6.07, 6.45) is 0.908. The predicted molar refractivity (Wildman–Crippen MR) is 53.4 cm³/mol. The molecule has 0 unspecified atom stereocenters. The van der Waals surface area contributed by atoms with Gasteiger partial charge in [0.1, 0.15) is 6.63 Å². The van der Waals surface area contributed by atoms with Gasteiger partial charge in [-0.05, 0) is 6.42 Å². The summed E-state index contributed by atoms with van der Waals surface area (Å²) in [5.74, 6) is 0. The van der Waals surface area contributed by atoms with Gasteiger partial charge in [0.25, 0.3) is 0 Å². The standard InChI is InChI=1S/C5H8Cl2N2P2/c1-3-4-5(11(6)7)10-9(2)8-4/h3H2,1-2H3. The molecule has 1 heterocycles. The molecule has 0 aliphatic heterocycles. The summed E-state index contributed by atoms with van der Waals surface area (Å²) < 4.78 is 1.84. The average molecular weight is 229 g/mol. The number of halogens is 2. The monoisotopic (exact) mass is 228 g/mol. The lowest BCUT2D eigenvalue weighted by Crippen LogP contribution is -1.96. The van der Waals surface area contributed by atoms with Gasteiger partial charge in [-0.3, -0.25) is 0 Å². The molecule has 0 aliphatic rings. The third kappa shape index (κ3) is 2.29. The molecule has 0 bridgehead atoms. The van der Waals surface area contributed by atoms with Crippen LogP contribution >= 0.6 is 37.5 Å². The zero-order chi connectivity index (χ0) is 8.43. The van der Waals surface area contributed by atoms with Crippen molar-refractivity contribution in [2.24, 2.45) is 7.05 Å². The fourth-order valence-electron chi connectivity index (χ4n) is 0.797. The molecular weight excluding hydrogens is 221 g/mol. The molecule has 0 atom stereocenters. The van der Waals surface area contributed by atoms with Gasteiger partial charge in [-0.1, -0.05) is 29.4 Å². The largest absolute Gasteiger partial charge is 0.249 e. The van der Waals surface area contributed by atoms with Crippen LogP contribution in [0.3, 0.4) is 0 Å². The van der Waals surface area contributed by atoms with Gasteiger partial charge < -0.3 is 0 Å². The minimum Gasteiger partial charge on any atom is -0.249 e. The van der Waals surface area contributed by atoms with Crippen molar-refractivity contribution in [1.29, 1.82) is 0 Å². The summed E-state index contributed by atoms with van der Waals surface area (Å²) in [7, 11) is 2.95. The van der Waals surface area contributed by atoms with Crippen LogP contribution in [0.5, 0.6) is 0 Å². The van der Waals surface area contributed by atoms with Crippen LogP contribution in [0.25, 0.3) is 0 Å². The van der Waals surface area contributed by atoms with Crippen molar-refractivity contribution in [1.82, 2.24) is 9.54 Å². The fraction of sp³-hybridized carbons (Fsp3) is 0.600. The van der Waals surface area contributed by atoms with Crippen LogP contribution in [0.4, 0.5) is 0 Å². The number of hydrogen-bond donors (Lipinski definition) is 0. The van der Waals surface area contributed by atoms with E-state index < -0.39 is 6.63 Å². The Bertz CT molecular complexity index is 249. The lowest BCUT2D eigenvalue weighted by molar-refractivity contribution is 0.806. The lowest BCUT2D eigenvalue weighted by Gasteiger charge is -1.95. The highest BCUT2D eigenvalue weighted by Crippen LogP contribution is 2.48. The molecule has 6 heteroatoms. The van der Waals surface area contributed by atoms with Crippen LogP contribution in [0, 0.1) is 0 Å². The van der Waals surface area contributed by atoms with E-state index >= 15 is 0 Å². The molecule has 1 rings (SSSR count). The summed E-state index contributed by atoms with van der Waals surface area (Å²) in [6, 6.07) is 0. The summed E-state index contributed by atoms with van der Waals surface area (Å²) in [6.45, 7) is 1.06. The number of aromatic nitrogens is 2. The van der Waals surface area contributed by atoms with Gasteiger partial charge in [-0.2, -0.15) is 5.10 Å². The maximum Gasteiger partial charge on any atom is 0.125 e. The highest BCUT2D eigenvalue weighted by molar-refractivity contribution is 8.11. The van der Waals surface area contributed by atoms with Crippen LogP contribution in [0.2, 0.25) is 0 Å². The van der Waals surface area contributed by atoms with E-state index in [4.69, 9.17) is 22.5 Å². The number of aryl methyl sites for hydroxylation is 2. The molecule has 0 spiro atoms. The summed E-state index contributed by atoms with van der Waals surface area (Å²) in [4.78, 5) is 0. The van der Waals surface area contributed by atoms with Crippen LogP contribution < -0.4 is 5.04 Å². The maximum absolute atomic E-state index is 5.80. The van der Waals surface area contributed by atoms with Gasteiger partial charge in [0, 0.05) is 15.4 Å². The number of nitrogens with zero attached hydrogens (tertiary/aromatic N) is 2. The number of rotatable bonds is 2. The predicted octanol–water partition coefficient (Wildman–Crippen LogP) is 2.98. The maximum atomic E-state index is 5.80. The SMILES string of the molecule is CCc1nn(C)pc1P(Cl)Cl. The minimum absolute atomic E-state index is 0.908. The highest BCUT2D eigenvalue weighted by atomic mass is 35.9. The van der Waals surface area contributed by atoms with E-state index in [1.807, 2.05) is 11.5 Å². The Morgan fingerprint density at radius 3 is 2.64 bits per heavy atom. The van der Waals surface area contributed by atoms with Crippen LogP contribution in [-0.4, -0.2) is 9.54 Å². The Morgan fingerprint density at radius 2 is 2.27 bits per heavy atom. The van der Waals surface area contributed by atoms with Crippen molar-refractivity contribution in [3.05, 3.63) is 5.69 Å². The van der Waals surface area contributed by atoms with Crippen molar-refractivity contribution in [3.63, 3.8) is 0 Å². The summed E-state index contributed by atoms with van der Waals surface area (Å²) in [5, 5.41) is 5.33. The molecule has 0 amide bonds.